The van der Waals surface area contributed by atoms with Crippen molar-refractivity contribution in [3.63, 3.8) is 0 Å². The molecule has 0 aliphatic carbocycles. The van der Waals surface area contributed by atoms with Crippen LogP contribution in [-0.2, 0) is 11.3 Å². The number of ether oxygens (including phenoxy) is 1. The summed E-state index contributed by atoms with van der Waals surface area (Å²) in [6, 6.07) is 0. The summed E-state index contributed by atoms with van der Waals surface area (Å²) >= 11 is 0. The van der Waals surface area contributed by atoms with Crippen LogP contribution in [0.25, 0.3) is 11.2 Å². The van der Waals surface area contributed by atoms with E-state index in [2.05, 4.69) is 9.97 Å². The third-order valence-electron chi connectivity index (χ3n) is 3.68. The zero-order chi connectivity index (χ0) is 13.3. The molecule has 0 saturated carbocycles. The number of aliphatic hydroxyl groups excluding tert-OH is 2. The highest BCUT2D eigenvalue weighted by molar-refractivity contribution is 5.70. The fraction of sp³-hybridized carbons (Fsp3) is 0.500. The Kier molecular flexibility index (Phi) is 1.91. The summed E-state index contributed by atoms with van der Waals surface area (Å²) in [5.74, 6) is 0. The highest BCUT2D eigenvalue weighted by Crippen LogP contribution is 2.34. The molecule has 0 spiro atoms. The minimum Gasteiger partial charge on any atom is -0.387 e. The molecule has 100 valence electrons. The van der Waals surface area contributed by atoms with Gasteiger partial charge in [0.15, 0.2) is 17.4 Å². The van der Waals surface area contributed by atoms with Crippen molar-refractivity contribution in [3.05, 3.63) is 27.2 Å². The number of aromatic nitrogens is 4. The topological polar surface area (TPSA) is 122 Å². The lowest BCUT2D eigenvalue weighted by Crippen LogP contribution is -2.40. The minimum absolute atomic E-state index is 0.0481. The highest BCUT2D eigenvalue weighted by Gasteiger charge is 2.46. The molecule has 9 nitrogen and oxygen atoms in total. The van der Waals surface area contributed by atoms with Gasteiger partial charge in [-0.1, -0.05) is 0 Å². The van der Waals surface area contributed by atoms with E-state index in [4.69, 9.17) is 4.74 Å². The van der Waals surface area contributed by atoms with Crippen LogP contribution in [0.15, 0.2) is 15.9 Å². The molecule has 0 radical (unpaired) electrons. The Hall–Kier alpha value is -1.97. The van der Waals surface area contributed by atoms with Crippen LogP contribution in [0, 0.1) is 0 Å². The van der Waals surface area contributed by atoms with E-state index in [0.717, 1.165) is 0 Å². The van der Waals surface area contributed by atoms with Gasteiger partial charge in [-0.3, -0.25) is 18.9 Å². The molecule has 3 N–H and O–H groups in total. The van der Waals surface area contributed by atoms with Crippen molar-refractivity contribution in [2.45, 2.75) is 31.1 Å². The van der Waals surface area contributed by atoms with Crippen LogP contribution in [0.2, 0.25) is 0 Å². The zero-order valence-electron chi connectivity index (χ0n) is 9.55. The Balaban J connectivity index is 2.13. The first-order valence-electron chi connectivity index (χ1n) is 5.79. The van der Waals surface area contributed by atoms with Crippen molar-refractivity contribution >= 4 is 11.2 Å². The lowest BCUT2D eigenvalue weighted by atomic mass is 10.1. The summed E-state index contributed by atoms with van der Waals surface area (Å²) in [4.78, 5) is 29.6. The molecule has 4 heterocycles. The lowest BCUT2D eigenvalue weighted by Gasteiger charge is -2.19. The van der Waals surface area contributed by atoms with Crippen LogP contribution < -0.4 is 11.2 Å². The van der Waals surface area contributed by atoms with E-state index in [0.29, 0.717) is 5.65 Å². The van der Waals surface area contributed by atoms with Crippen LogP contribution in [0.4, 0.5) is 0 Å². The fourth-order valence-electron chi connectivity index (χ4n) is 2.75. The average molecular weight is 266 g/mol. The summed E-state index contributed by atoms with van der Waals surface area (Å²) in [5, 5.41) is 19.8. The maximum absolute atomic E-state index is 11.9. The Labute approximate surface area is 104 Å². The first kappa shape index (κ1) is 10.9. The van der Waals surface area contributed by atoms with E-state index in [9.17, 15) is 19.8 Å². The number of fused-ring (bicyclic) bond motifs is 3. The maximum Gasteiger partial charge on any atom is 0.330 e. The molecule has 2 aliphatic rings. The Morgan fingerprint density at radius 2 is 2.16 bits per heavy atom. The number of nitrogens with one attached hydrogen (secondary N) is 1. The molecule has 2 aromatic rings. The van der Waals surface area contributed by atoms with Crippen molar-refractivity contribution in [2.24, 2.45) is 0 Å². The second kappa shape index (κ2) is 3.32. The van der Waals surface area contributed by atoms with Crippen molar-refractivity contribution < 1.29 is 14.9 Å². The monoisotopic (exact) mass is 266 g/mol. The van der Waals surface area contributed by atoms with E-state index in [1.54, 1.807) is 0 Å². The van der Waals surface area contributed by atoms with Crippen molar-refractivity contribution in [2.75, 3.05) is 0 Å². The van der Waals surface area contributed by atoms with Gasteiger partial charge in [0.25, 0.3) is 5.56 Å². The number of hydrogen-bond donors (Lipinski definition) is 3. The highest BCUT2D eigenvalue weighted by atomic mass is 16.6. The van der Waals surface area contributed by atoms with Gasteiger partial charge in [0.2, 0.25) is 0 Å². The standard InChI is InChI=1S/C10H10N4O5/c15-5-3-1-13-8-4(7(17)12-10(13)18)11-2-14(8)9(19-3)6(5)16/h2-3,5-6,9,15-16H,1H2,(H,12,17,18)/t3-,5?,6?,9?/m0/s1. The van der Waals surface area contributed by atoms with Gasteiger partial charge in [-0.15, -0.1) is 0 Å². The van der Waals surface area contributed by atoms with Gasteiger partial charge in [0.05, 0.1) is 12.9 Å². The fourth-order valence-corrected chi connectivity index (χ4v) is 2.75. The molecule has 0 amide bonds. The first-order chi connectivity index (χ1) is 9.08. The van der Waals surface area contributed by atoms with Crippen molar-refractivity contribution in [1.29, 1.82) is 0 Å². The quantitative estimate of drug-likeness (QED) is 0.485. The molecule has 2 aromatic heterocycles. The zero-order valence-corrected chi connectivity index (χ0v) is 9.55. The smallest absolute Gasteiger partial charge is 0.330 e. The first-order valence-corrected chi connectivity index (χ1v) is 5.79. The molecule has 2 bridgehead atoms. The number of rotatable bonds is 0. The largest absolute Gasteiger partial charge is 0.387 e. The third kappa shape index (κ3) is 1.21. The van der Waals surface area contributed by atoms with Crippen LogP contribution in [0.5, 0.6) is 0 Å². The molecule has 2 aliphatic heterocycles. The van der Waals surface area contributed by atoms with Gasteiger partial charge < -0.3 is 14.9 Å². The van der Waals surface area contributed by atoms with Gasteiger partial charge in [-0.2, -0.15) is 0 Å². The molecule has 4 rings (SSSR count). The van der Waals surface area contributed by atoms with E-state index in [-0.39, 0.29) is 12.1 Å². The van der Waals surface area contributed by atoms with Crippen LogP contribution in [0.3, 0.4) is 0 Å². The van der Waals surface area contributed by atoms with Crippen molar-refractivity contribution in [3.8, 4) is 0 Å². The average Bonchev–Trinajstić information content (AvgIpc) is 2.85. The number of aromatic amines is 1. The molecule has 19 heavy (non-hydrogen) atoms. The summed E-state index contributed by atoms with van der Waals surface area (Å²) in [7, 11) is 0. The van der Waals surface area contributed by atoms with Crippen molar-refractivity contribution in [1.82, 2.24) is 19.1 Å². The molecule has 3 unspecified atom stereocenters. The molecule has 0 aromatic carbocycles. The number of hydrogen-bond acceptors (Lipinski definition) is 6. The molecule has 9 heteroatoms. The Morgan fingerprint density at radius 1 is 1.37 bits per heavy atom. The normalized spacial score (nSPS) is 32.7. The van der Waals surface area contributed by atoms with Crippen LogP contribution in [-0.4, -0.2) is 47.6 Å². The number of imidazole rings is 1. The Morgan fingerprint density at radius 3 is 2.95 bits per heavy atom. The van der Waals surface area contributed by atoms with Crippen LogP contribution in [0.1, 0.15) is 6.23 Å². The summed E-state index contributed by atoms with van der Waals surface area (Å²) in [6.07, 6.45) is -2.43. The molecule has 1 saturated heterocycles. The summed E-state index contributed by atoms with van der Waals surface area (Å²) < 4.78 is 8.22. The lowest BCUT2D eigenvalue weighted by molar-refractivity contribution is -0.0331. The molecular weight excluding hydrogens is 256 g/mol. The van der Waals surface area contributed by atoms with E-state index in [1.807, 2.05) is 0 Å². The van der Waals surface area contributed by atoms with Gasteiger partial charge in [0, 0.05) is 0 Å². The SMILES string of the molecule is O=c1[nH]c(=O)n2c3c1ncn3C1O[C@@H](C2)C(O)C1O. The van der Waals surface area contributed by atoms with Gasteiger partial charge >= 0.3 is 5.69 Å². The molecule has 4 atom stereocenters. The summed E-state index contributed by atoms with van der Waals surface area (Å²) in [6.45, 7) is 0.0481. The number of H-pyrrole nitrogens is 1. The number of aliphatic hydroxyl groups is 2. The van der Waals surface area contributed by atoms with E-state index < -0.39 is 35.8 Å². The van der Waals surface area contributed by atoms with Crippen LogP contribution >= 0.6 is 0 Å². The molecule has 1 fully saturated rings. The van der Waals surface area contributed by atoms with Gasteiger partial charge in [0.1, 0.15) is 18.3 Å². The van der Waals surface area contributed by atoms with E-state index in [1.165, 1.54) is 15.5 Å². The minimum atomic E-state index is -1.12. The predicted molar refractivity (Wildman–Crippen MR) is 60.5 cm³/mol. The third-order valence-corrected chi connectivity index (χ3v) is 3.68. The maximum atomic E-state index is 11.9. The van der Waals surface area contributed by atoms with Gasteiger partial charge in [-0.25, -0.2) is 9.78 Å². The molecular formula is C10H10N4O5. The summed E-state index contributed by atoms with van der Waals surface area (Å²) in [5.41, 5.74) is -0.760. The second-order valence-electron chi connectivity index (χ2n) is 4.74. The van der Waals surface area contributed by atoms with Gasteiger partial charge in [-0.05, 0) is 0 Å². The second-order valence-corrected chi connectivity index (χ2v) is 4.74. The Bertz CT molecular complexity index is 789. The van der Waals surface area contributed by atoms with E-state index >= 15 is 0 Å². The number of nitrogens with zero attached hydrogens (tertiary/aromatic N) is 3. The predicted octanol–water partition coefficient (Wildman–Crippen LogP) is -2.48.